The van der Waals surface area contributed by atoms with E-state index in [1.165, 1.54) is 44.5 Å². The fourth-order valence-electron chi connectivity index (χ4n) is 3.33. The highest BCUT2D eigenvalue weighted by Gasteiger charge is 2.18. The van der Waals surface area contributed by atoms with Gasteiger partial charge in [0.25, 0.3) is 0 Å². The van der Waals surface area contributed by atoms with Crippen molar-refractivity contribution in [2.75, 3.05) is 26.2 Å². The van der Waals surface area contributed by atoms with E-state index >= 15 is 0 Å². The maximum Gasteiger partial charge on any atom is 0.119 e. The molecule has 0 amide bonds. The fourth-order valence-corrected chi connectivity index (χ4v) is 3.33. The maximum absolute atomic E-state index is 5.98. The lowest BCUT2D eigenvalue weighted by Gasteiger charge is -2.30. The van der Waals surface area contributed by atoms with E-state index in [4.69, 9.17) is 4.74 Å². The molecule has 1 unspecified atom stereocenters. The predicted octanol–water partition coefficient (Wildman–Crippen LogP) is 5.27. The lowest BCUT2D eigenvalue weighted by molar-refractivity contribution is 0.177. The van der Waals surface area contributed by atoms with E-state index in [1.807, 2.05) is 0 Å². The summed E-state index contributed by atoms with van der Waals surface area (Å²) >= 11 is 0. The van der Waals surface area contributed by atoms with Crippen LogP contribution in [-0.4, -0.2) is 31.1 Å². The number of piperidine rings is 1. The van der Waals surface area contributed by atoms with Crippen LogP contribution in [0, 0.1) is 5.92 Å². The standard InChI is InChI=1S/C21H35NO/c1-5-21(3,4)19-11-8-12-20(16-19)23-15-7-6-13-22-14-9-10-18(2)17-22/h8,11-12,16,18H,5-7,9-10,13-15,17H2,1-4H3. The maximum atomic E-state index is 5.98. The quantitative estimate of drug-likeness (QED) is 0.606. The van der Waals surface area contributed by atoms with Crippen molar-refractivity contribution in [3.63, 3.8) is 0 Å². The predicted molar refractivity (Wildman–Crippen MR) is 99.3 cm³/mol. The first kappa shape index (κ1) is 18.3. The van der Waals surface area contributed by atoms with Crippen LogP contribution in [0.15, 0.2) is 24.3 Å². The Hall–Kier alpha value is -1.02. The van der Waals surface area contributed by atoms with Crippen molar-refractivity contribution in [1.29, 1.82) is 0 Å². The summed E-state index contributed by atoms with van der Waals surface area (Å²) in [5.74, 6) is 1.90. The summed E-state index contributed by atoms with van der Waals surface area (Å²) in [5, 5.41) is 0. The van der Waals surface area contributed by atoms with Crippen molar-refractivity contribution in [2.24, 2.45) is 5.92 Å². The molecule has 0 saturated carbocycles. The third-order valence-corrected chi connectivity index (χ3v) is 5.38. The Bertz CT molecular complexity index is 469. The van der Waals surface area contributed by atoms with E-state index in [0.29, 0.717) is 0 Å². The van der Waals surface area contributed by atoms with Crippen molar-refractivity contribution < 1.29 is 4.74 Å². The van der Waals surface area contributed by atoms with Crippen LogP contribution < -0.4 is 4.74 Å². The van der Waals surface area contributed by atoms with Gasteiger partial charge in [-0.3, -0.25) is 0 Å². The molecule has 1 fully saturated rings. The molecule has 23 heavy (non-hydrogen) atoms. The molecule has 1 saturated heterocycles. The molecule has 130 valence electrons. The fraction of sp³-hybridized carbons (Fsp3) is 0.714. The zero-order valence-electron chi connectivity index (χ0n) is 15.6. The van der Waals surface area contributed by atoms with Crippen molar-refractivity contribution in [3.8, 4) is 5.75 Å². The second-order valence-corrected chi connectivity index (χ2v) is 7.87. The van der Waals surface area contributed by atoms with Crippen LogP contribution in [0.3, 0.4) is 0 Å². The van der Waals surface area contributed by atoms with E-state index in [1.54, 1.807) is 0 Å². The summed E-state index contributed by atoms with van der Waals surface area (Å²) in [6, 6.07) is 8.64. The molecule has 1 aliphatic rings. The normalized spacial score (nSPS) is 19.7. The third kappa shape index (κ3) is 5.84. The Kier molecular flexibility index (Phi) is 6.95. The molecular formula is C21H35NO. The van der Waals surface area contributed by atoms with Gasteiger partial charge in [0.05, 0.1) is 6.61 Å². The van der Waals surface area contributed by atoms with Gasteiger partial charge >= 0.3 is 0 Å². The molecule has 0 aliphatic carbocycles. The average molecular weight is 318 g/mol. The molecule has 2 nitrogen and oxygen atoms in total. The molecule has 0 spiro atoms. The van der Waals surface area contributed by atoms with Crippen molar-refractivity contribution in [1.82, 2.24) is 4.90 Å². The topological polar surface area (TPSA) is 12.5 Å². The third-order valence-electron chi connectivity index (χ3n) is 5.38. The molecule has 0 aromatic heterocycles. The molecule has 1 aliphatic heterocycles. The molecule has 1 aromatic rings. The van der Waals surface area contributed by atoms with Gasteiger partial charge in [0.1, 0.15) is 5.75 Å². The minimum atomic E-state index is 0.227. The summed E-state index contributed by atoms with van der Waals surface area (Å²) in [5.41, 5.74) is 1.60. The van der Waals surface area contributed by atoms with Crippen LogP contribution in [0.25, 0.3) is 0 Å². The summed E-state index contributed by atoms with van der Waals surface area (Å²) < 4.78 is 5.98. The van der Waals surface area contributed by atoms with Gasteiger partial charge in [0, 0.05) is 6.54 Å². The molecule has 1 atom stereocenters. The molecule has 2 heteroatoms. The molecule has 0 N–H and O–H groups in total. The largest absolute Gasteiger partial charge is 0.494 e. The number of benzene rings is 1. The second-order valence-electron chi connectivity index (χ2n) is 7.87. The van der Waals surface area contributed by atoms with Crippen LogP contribution >= 0.6 is 0 Å². The Labute approximate surface area is 143 Å². The minimum absolute atomic E-state index is 0.227. The van der Waals surface area contributed by atoms with E-state index in [9.17, 15) is 0 Å². The molecule has 1 aromatic carbocycles. The SMILES string of the molecule is CCC(C)(C)c1cccc(OCCCCN2CCCC(C)C2)c1. The lowest BCUT2D eigenvalue weighted by atomic mass is 9.82. The Balaban J connectivity index is 1.69. The van der Waals surface area contributed by atoms with Gasteiger partial charge in [-0.15, -0.1) is 0 Å². The number of unbranched alkanes of at least 4 members (excludes halogenated alkanes) is 1. The van der Waals surface area contributed by atoms with Crippen LogP contribution in [0.4, 0.5) is 0 Å². The Morgan fingerprint density at radius 1 is 1.26 bits per heavy atom. The number of hydrogen-bond donors (Lipinski definition) is 0. The second kappa shape index (κ2) is 8.73. The molecule has 1 heterocycles. The molecule has 2 rings (SSSR count). The van der Waals surface area contributed by atoms with Gasteiger partial charge in [-0.05, 0) is 74.2 Å². The first-order chi connectivity index (χ1) is 11.0. The van der Waals surface area contributed by atoms with Crippen molar-refractivity contribution >= 4 is 0 Å². The number of hydrogen-bond acceptors (Lipinski definition) is 2. The van der Waals surface area contributed by atoms with E-state index < -0.39 is 0 Å². The molecule has 0 radical (unpaired) electrons. The summed E-state index contributed by atoms with van der Waals surface area (Å²) in [6.45, 7) is 13.9. The minimum Gasteiger partial charge on any atom is -0.494 e. The lowest BCUT2D eigenvalue weighted by Crippen LogP contribution is -2.35. The van der Waals surface area contributed by atoms with Crippen LogP contribution in [0.1, 0.15) is 65.4 Å². The number of likely N-dealkylation sites (tertiary alicyclic amines) is 1. The van der Waals surface area contributed by atoms with Gasteiger partial charge in [-0.1, -0.05) is 39.8 Å². The first-order valence-corrected chi connectivity index (χ1v) is 9.47. The van der Waals surface area contributed by atoms with Gasteiger partial charge in [0.15, 0.2) is 0 Å². The first-order valence-electron chi connectivity index (χ1n) is 9.47. The molecular weight excluding hydrogens is 282 g/mol. The highest BCUT2D eigenvalue weighted by molar-refractivity contribution is 5.32. The highest BCUT2D eigenvalue weighted by Crippen LogP contribution is 2.29. The van der Waals surface area contributed by atoms with Crippen LogP contribution in [-0.2, 0) is 5.41 Å². The number of ether oxygens (including phenoxy) is 1. The average Bonchev–Trinajstić information content (AvgIpc) is 2.55. The summed E-state index contributed by atoms with van der Waals surface area (Å²) in [4.78, 5) is 2.62. The monoisotopic (exact) mass is 317 g/mol. The van der Waals surface area contributed by atoms with Gasteiger partial charge in [0.2, 0.25) is 0 Å². The van der Waals surface area contributed by atoms with Gasteiger partial charge in [-0.25, -0.2) is 0 Å². The van der Waals surface area contributed by atoms with E-state index in [-0.39, 0.29) is 5.41 Å². The zero-order valence-corrected chi connectivity index (χ0v) is 15.6. The van der Waals surface area contributed by atoms with E-state index in [2.05, 4.69) is 56.9 Å². The summed E-state index contributed by atoms with van der Waals surface area (Å²) in [6.07, 6.45) is 6.31. The Morgan fingerprint density at radius 3 is 2.83 bits per heavy atom. The van der Waals surface area contributed by atoms with Gasteiger partial charge < -0.3 is 9.64 Å². The Morgan fingerprint density at radius 2 is 2.09 bits per heavy atom. The van der Waals surface area contributed by atoms with Crippen LogP contribution in [0.5, 0.6) is 5.75 Å². The van der Waals surface area contributed by atoms with Crippen molar-refractivity contribution in [2.45, 2.75) is 65.2 Å². The number of rotatable bonds is 8. The van der Waals surface area contributed by atoms with Crippen molar-refractivity contribution in [3.05, 3.63) is 29.8 Å². The number of nitrogens with zero attached hydrogens (tertiary/aromatic N) is 1. The van der Waals surface area contributed by atoms with E-state index in [0.717, 1.165) is 31.1 Å². The zero-order chi connectivity index (χ0) is 16.7. The molecule has 0 bridgehead atoms. The van der Waals surface area contributed by atoms with Crippen LogP contribution in [0.2, 0.25) is 0 Å². The highest BCUT2D eigenvalue weighted by atomic mass is 16.5. The summed E-state index contributed by atoms with van der Waals surface area (Å²) in [7, 11) is 0. The smallest absolute Gasteiger partial charge is 0.119 e. The van der Waals surface area contributed by atoms with Gasteiger partial charge in [-0.2, -0.15) is 0 Å².